The molecular weight excluding hydrogens is 419 g/mol. The Kier molecular flexibility index (Phi) is 5.49. The van der Waals surface area contributed by atoms with E-state index in [9.17, 15) is 14.4 Å². The molecule has 0 radical (unpaired) electrons. The van der Waals surface area contributed by atoms with Crippen LogP contribution in [0.2, 0.25) is 0 Å². The summed E-state index contributed by atoms with van der Waals surface area (Å²) in [6.45, 7) is 5.97. The zero-order valence-corrected chi connectivity index (χ0v) is 19.0. The van der Waals surface area contributed by atoms with Crippen LogP contribution in [0.25, 0.3) is 5.65 Å². The van der Waals surface area contributed by atoms with Crippen molar-refractivity contribution in [1.29, 1.82) is 5.26 Å². The third-order valence-corrected chi connectivity index (χ3v) is 6.83. The van der Waals surface area contributed by atoms with Gasteiger partial charge in [-0.25, -0.2) is 13.9 Å². The van der Waals surface area contributed by atoms with Crippen LogP contribution in [0.3, 0.4) is 0 Å². The number of benzene rings is 1. The standard InChI is InChI=1S/C25H27FN6O/c1-16-6-7-19(26)11-20(16)25(33)31-9-4-3-5-22(31)21-12-23-28-24(17(2)14-32(23)29-21)30-10-8-18(13-27)15-30/h6-7,11-12,14,18,22H,3-5,8-10,15H2,1-2H3. The first kappa shape index (κ1) is 21.4. The number of hydrogen-bond acceptors (Lipinski definition) is 5. The molecule has 2 saturated heterocycles. The van der Waals surface area contributed by atoms with Gasteiger partial charge in [0.15, 0.2) is 5.65 Å². The molecule has 0 aliphatic carbocycles. The number of fused-ring (bicyclic) bond motifs is 1. The van der Waals surface area contributed by atoms with Gasteiger partial charge in [0.05, 0.1) is 23.7 Å². The first-order chi connectivity index (χ1) is 15.9. The van der Waals surface area contributed by atoms with Crippen molar-refractivity contribution in [2.24, 2.45) is 5.92 Å². The van der Waals surface area contributed by atoms with E-state index in [1.807, 2.05) is 31.0 Å². The average Bonchev–Trinajstić information content (AvgIpc) is 3.46. The number of piperidine rings is 1. The van der Waals surface area contributed by atoms with Crippen molar-refractivity contribution in [3.8, 4) is 6.07 Å². The predicted octanol–water partition coefficient (Wildman–Crippen LogP) is 4.20. The number of nitriles is 1. The second-order valence-corrected chi connectivity index (χ2v) is 9.15. The highest BCUT2D eigenvalue weighted by molar-refractivity contribution is 5.96. The molecule has 2 aliphatic rings. The molecule has 8 heteroatoms. The minimum Gasteiger partial charge on any atom is -0.355 e. The van der Waals surface area contributed by atoms with Gasteiger partial charge in [-0.2, -0.15) is 10.4 Å². The van der Waals surface area contributed by atoms with Gasteiger partial charge in [0.25, 0.3) is 5.91 Å². The molecule has 2 unspecified atom stereocenters. The molecule has 33 heavy (non-hydrogen) atoms. The molecule has 2 aliphatic heterocycles. The summed E-state index contributed by atoms with van der Waals surface area (Å²) in [6.07, 6.45) is 5.55. The van der Waals surface area contributed by atoms with Gasteiger partial charge in [-0.05, 0) is 57.2 Å². The molecular formula is C25H27FN6O. The Hall–Kier alpha value is -3.47. The van der Waals surface area contributed by atoms with Crippen molar-refractivity contribution in [2.75, 3.05) is 24.5 Å². The molecule has 170 valence electrons. The third-order valence-electron chi connectivity index (χ3n) is 6.83. The summed E-state index contributed by atoms with van der Waals surface area (Å²) < 4.78 is 15.6. The van der Waals surface area contributed by atoms with Gasteiger partial charge in [-0.15, -0.1) is 0 Å². The van der Waals surface area contributed by atoms with E-state index in [1.54, 1.807) is 10.6 Å². The number of anilines is 1. The van der Waals surface area contributed by atoms with Crippen molar-refractivity contribution in [3.63, 3.8) is 0 Å². The van der Waals surface area contributed by atoms with E-state index in [1.165, 1.54) is 12.1 Å². The first-order valence-electron chi connectivity index (χ1n) is 11.5. The first-order valence-corrected chi connectivity index (χ1v) is 11.5. The lowest BCUT2D eigenvalue weighted by Crippen LogP contribution is -2.39. The molecule has 0 saturated carbocycles. The highest BCUT2D eigenvalue weighted by Crippen LogP contribution is 2.33. The van der Waals surface area contributed by atoms with Gasteiger partial charge in [0, 0.05) is 43.0 Å². The number of carbonyl (C=O) groups excluding carboxylic acids is 1. The fourth-order valence-electron chi connectivity index (χ4n) is 5.02. The molecule has 2 fully saturated rings. The van der Waals surface area contributed by atoms with Crippen molar-refractivity contribution in [3.05, 3.63) is 58.7 Å². The molecule has 0 bridgehead atoms. The fraction of sp³-hybridized carbons (Fsp3) is 0.440. The minimum atomic E-state index is -0.405. The number of aromatic nitrogens is 3. The molecule has 5 rings (SSSR count). The van der Waals surface area contributed by atoms with Crippen LogP contribution in [0, 0.1) is 36.9 Å². The van der Waals surface area contributed by atoms with Gasteiger partial charge in [-0.3, -0.25) is 4.79 Å². The van der Waals surface area contributed by atoms with Crippen molar-refractivity contribution >= 4 is 17.4 Å². The summed E-state index contributed by atoms with van der Waals surface area (Å²) in [6, 6.07) is 8.50. The Morgan fingerprint density at radius 2 is 2.00 bits per heavy atom. The average molecular weight is 447 g/mol. The van der Waals surface area contributed by atoms with Crippen LogP contribution in [-0.4, -0.2) is 45.0 Å². The number of likely N-dealkylation sites (tertiary alicyclic amines) is 1. The molecule has 7 nitrogen and oxygen atoms in total. The maximum absolute atomic E-state index is 13.9. The molecule has 0 N–H and O–H groups in total. The summed E-state index contributed by atoms with van der Waals surface area (Å²) >= 11 is 0. The molecule has 2 aromatic heterocycles. The number of carbonyl (C=O) groups is 1. The van der Waals surface area contributed by atoms with Gasteiger partial charge < -0.3 is 9.80 Å². The zero-order valence-electron chi connectivity index (χ0n) is 19.0. The number of hydrogen-bond donors (Lipinski definition) is 0. The van der Waals surface area contributed by atoms with E-state index in [0.29, 0.717) is 18.7 Å². The zero-order chi connectivity index (χ0) is 23.1. The summed E-state index contributed by atoms with van der Waals surface area (Å²) in [5.74, 6) is 0.367. The van der Waals surface area contributed by atoms with Gasteiger partial charge in [0.1, 0.15) is 11.6 Å². The molecule has 4 heterocycles. The fourth-order valence-corrected chi connectivity index (χ4v) is 5.02. The number of aryl methyl sites for hydroxylation is 2. The third kappa shape index (κ3) is 3.92. The summed E-state index contributed by atoms with van der Waals surface area (Å²) in [7, 11) is 0. The predicted molar refractivity (Wildman–Crippen MR) is 122 cm³/mol. The van der Waals surface area contributed by atoms with Crippen LogP contribution in [0.5, 0.6) is 0 Å². The van der Waals surface area contributed by atoms with Crippen LogP contribution in [-0.2, 0) is 0 Å². The Balaban J connectivity index is 1.47. The van der Waals surface area contributed by atoms with Gasteiger partial charge >= 0.3 is 0 Å². The van der Waals surface area contributed by atoms with E-state index in [0.717, 1.165) is 60.5 Å². The number of nitrogens with zero attached hydrogens (tertiary/aromatic N) is 6. The van der Waals surface area contributed by atoms with Crippen LogP contribution in [0.4, 0.5) is 10.2 Å². The van der Waals surface area contributed by atoms with Crippen molar-refractivity contribution in [2.45, 2.75) is 45.6 Å². The normalized spacial score (nSPS) is 20.9. The topological polar surface area (TPSA) is 77.5 Å². The molecule has 3 aromatic rings. The lowest BCUT2D eigenvalue weighted by molar-refractivity contribution is 0.0604. The van der Waals surface area contributed by atoms with E-state index in [4.69, 9.17) is 10.1 Å². The largest absolute Gasteiger partial charge is 0.355 e. The maximum atomic E-state index is 13.9. The van der Waals surface area contributed by atoms with Crippen LogP contribution in [0.1, 0.15) is 58.9 Å². The Labute approximate surface area is 192 Å². The quantitative estimate of drug-likeness (QED) is 0.603. The van der Waals surface area contributed by atoms with E-state index >= 15 is 0 Å². The van der Waals surface area contributed by atoms with Gasteiger partial charge in [0.2, 0.25) is 0 Å². The summed E-state index contributed by atoms with van der Waals surface area (Å²) in [5.41, 5.74) is 3.71. The van der Waals surface area contributed by atoms with E-state index in [2.05, 4.69) is 11.0 Å². The monoisotopic (exact) mass is 446 g/mol. The molecule has 1 amide bonds. The molecule has 1 aromatic carbocycles. The second-order valence-electron chi connectivity index (χ2n) is 9.15. The number of halogens is 1. The molecule has 2 atom stereocenters. The van der Waals surface area contributed by atoms with Crippen molar-refractivity contribution in [1.82, 2.24) is 19.5 Å². The number of rotatable bonds is 3. The maximum Gasteiger partial charge on any atom is 0.254 e. The lowest BCUT2D eigenvalue weighted by Gasteiger charge is -2.35. The molecule has 0 spiro atoms. The van der Waals surface area contributed by atoms with Crippen LogP contribution in [0.15, 0.2) is 30.5 Å². The Morgan fingerprint density at radius 1 is 1.15 bits per heavy atom. The lowest BCUT2D eigenvalue weighted by atomic mass is 9.97. The van der Waals surface area contributed by atoms with Crippen molar-refractivity contribution < 1.29 is 9.18 Å². The van der Waals surface area contributed by atoms with Crippen LogP contribution < -0.4 is 4.90 Å². The highest BCUT2D eigenvalue weighted by Gasteiger charge is 2.32. The Bertz CT molecular complexity index is 1260. The number of amides is 1. The SMILES string of the molecule is Cc1ccc(F)cc1C(=O)N1CCCCC1c1cc2nc(N3CCC(C#N)C3)c(C)cn2n1. The minimum absolute atomic E-state index is 0.0380. The summed E-state index contributed by atoms with van der Waals surface area (Å²) in [5, 5.41) is 14.0. The highest BCUT2D eigenvalue weighted by atomic mass is 19.1. The Morgan fingerprint density at radius 3 is 2.79 bits per heavy atom. The summed E-state index contributed by atoms with van der Waals surface area (Å²) in [4.78, 5) is 22.2. The smallest absolute Gasteiger partial charge is 0.254 e. The van der Waals surface area contributed by atoms with Gasteiger partial charge in [-0.1, -0.05) is 6.07 Å². The second kappa shape index (κ2) is 8.47. The van der Waals surface area contributed by atoms with Crippen LogP contribution >= 0.6 is 0 Å². The van der Waals surface area contributed by atoms with E-state index in [-0.39, 0.29) is 17.9 Å². The van der Waals surface area contributed by atoms with E-state index < -0.39 is 5.82 Å².